The SMILES string of the molecule is CCOc1ccc(-c2cnc(NCc3ccc(C)cc3)n2C)cc1.O=C(O)C(=O)O. The third-order valence-electron chi connectivity index (χ3n) is 4.20. The van der Waals surface area contributed by atoms with Gasteiger partial charge in [0.05, 0.1) is 18.5 Å². The number of carbonyl (C=O) groups is 2. The lowest BCUT2D eigenvalue weighted by Gasteiger charge is -2.09. The van der Waals surface area contributed by atoms with E-state index in [-0.39, 0.29) is 0 Å². The fourth-order valence-electron chi connectivity index (χ4n) is 2.62. The van der Waals surface area contributed by atoms with Crippen molar-refractivity contribution in [3.05, 3.63) is 65.9 Å². The smallest absolute Gasteiger partial charge is 0.414 e. The number of hydrogen-bond acceptors (Lipinski definition) is 5. The average Bonchev–Trinajstić information content (AvgIpc) is 3.09. The molecule has 0 radical (unpaired) electrons. The van der Waals surface area contributed by atoms with Crippen molar-refractivity contribution in [2.75, 3.05) is 11.9 Å². The Balaban J connectivity index is 0.000000469. The normalized spacial score (nSPS) is 9.97. The van der Waals surface area contributed by atoms with Crippen LogP contribution in [0, 0.1) is 6.92 Å². The molecule has 30 heavy (non-hydrogen) atoms. The van der Waals surface area contributed by atoms with Gasteiger partial charge in [-0.25, -0.2) is 14.6 Å². The maximum absolute atomic E-state index is 9.10. The van der Waals surface area contributed by atoms with Gasteiger partial charge in [0.15, 0.2) is 0 Å². The van der Waals surface area contributed by atoms with E-state index in [9.17, 15) is 0 Å². The second kappa shape index (κ2) is 10.7. The molecule has 0 fully saturated rings. The zero-order valence-corrected chi connectivity index (χ0v) is 17.1. The molecule has 0 amide bonds. The molecule has 0 saturated carbocycles. The van der Waals surface area contributed by atoms with Crippen LogP contribution in [-0.2, 0) is 23.2 Å². The van der Waals surface area contributed by atoms with Gasteiger partial charge >= 0.3 is 11.9 Å². The molecule has 8 nitrogen and oxygen atoms in total. The van der Waals surface area contributed by atoms with Crippen LogP contribution in [0.3, 0.4) is 0 Å². The number of hydrogen-bond donors (Lipinski definition) is 3. The molecule has 0 spiro atoms. The van der Waals surface area contributed by atoms with E-state index in [1.807, 2.05) is 32.3 Å². The number of benzene rings is 2. The number of aromatic nitrogens is 2. The highest BCUT2D eigenvalue weighted by Crippen LogP contribution is 2.24. The Bertz CT molecular complexity index is 967. The molecule has 0 bridgehead atoms. The standard InChI is InChI=1S/C20H23N3O.C2H2O4/c1-4-24-18-11-9-17(10-12-18)19-14-22-20(23(19)3)21-13-16-7-5-15(2)6-8-16;3-1(4)2(5)6/h5-12,14H,4,13H2,1-3H3,(H,21,22);(H,3,4)(H,5,6). The number of carboxylic acid groups (broad SMARTS) is 2. The third-order valence-corrected chi connectivity index (χ3v) is 4.20. The van der Waals surface area contributed by atoms with Gasteiger partial charge in [0.25, 0.3) is 0 Å². The van der Waals surface area contributed by atoms with Crippen LogP contribution in [0.4, 0.5) is 5.95 Å². The molecule has 3 aromatic rings. The van der Waals surface area contributed by atoms with Crippen molar-refractivity contribution in [1.82, 2.24) is 9.55 Å². The molecule has 2 aromatic carbocycles. The zero-order chi connectivity index (χ0) is 22.1. The van der Waals surface area contributed by atoms with Crippen LogP contribution in [0.25, 0.3) is 11.3 Å². The summed E-state index contributed by atoms with van der Waals surface area (Å²) in [6, 6.07) is 16.6. The molecule has 3 N–H and O–H groups in total. The minimum atomic E-state index is -1.82. The predicted molar refractivity (Wildman–Crippen MR) is 114 cm³/mol. The molecule has 0 aliphatic rings. The van der Waals surface area contributed by atoms with Crippen LogP contribution < -0.4 is 10.1 Å². The van der Waals surface area contributed by atoms with Gasteiger partial charge in [0.2, 0.25) is 5.95 Å². The van der Waals surface area contributed by atoms with Gasteiger partial charge in [-0.3, -0.25) is 0 Å². The Kier molecular flexibility index (Phi) is 7.99. The van der Waals surface area contributed by atoms with E-state index < -0.39 is 11.9 Å². The van der Waals surface area contributed by atoms with Crippen LogP contribution in [0.1, 0.15) is 18.1 Å². The molecule has 3 rings (SSSR count). The van der Waals surface area contributed by atoms with Gasteiger partial charge in [-0.15, -0.1) is 0 Å². The first kappa shape index (κ1) is 22.5. The molecule has 8 heteroatoms. The molecule has 1 heterocycles. The molecule has 0 aliphatic heterocycles. The summed E-state index contributed by atoms with van der Waals surface area (Å²) in [5, 5.41) is 18.2. The number of aryl methyl sites for hydroxylation is 1. The summed E-state index contributed by atoms with van der Waals surface area (Å²) in [7, 11) is 2.02. The highest BCUT2D eigenvalue weighted by molar-refractivity contribution is 6.27. The minimum Gasteiger partial charge on any atom is -0.494 e. The number of anilines is 1. The second-order valence-electron chi connectivity index (χ2n) is 6.43. The summed E-state index contributed by atoms with van der Waals surface area (Å²) >= 11 is 0. The molecular weight excluding hydrogens is 386 g/mol. The van der Waals surface area contributed by atoms with Crippen LogP contribution in [0.2, 0.25) is 0 Å². The second-order valence-corrected chi connectivity index (χ2v) is 6.43. The molecule has 0 atom stereocenters. The minimum absolute atomic E-state index is 0.679. The highest BCUT2D eigenvalue weighted by atomic mass is 16.5. The third kappa shape index (κ3) is 6.37. The monoisotopic (exact) mass is 411 g/mol. The molecule has 0 aliphatic carbocycles. The largest absolute Gasteiger partial charge is 0.494 e. The predicted octanol–water partition coefficient (Wildman–Crippen LogP) is 3.56. The van der Waals surface area contributed by atoms with E-state index in [1.165, 1.54) is 11.1 Å². The summed E-state index contributed by atoms with van der Waals surface area (Å²) in [5.41, 5.74) is 4.71. The number of imidazole rings is 1. The van der Waals surface area contributed by atoms with Crippen LogP contribution in [-0.4, -0.2) is 38.3 Å². The molecule has 0 saturated heterocycles. The molecule has 0 unspecified atom stereocenters. The number of ether oxygens (including phenoxy) is 1. The van der Waals surface area contributed by atoms with Crippen LogP contribution >= 0.6 is 0 Å². The summed E-state index contributed by atoms with van der Waals surface area (Å²) in [5.74, 6) is -1.90. The Labute approximate surface area is 174 Å². The van der Waals surface area contributed by atoms with E-state index in [4.69, 9.17) is 24.5 Å². The van der Waals surface area contributed by atoms with E-state index in [1.54, 1.807) is 0 Å². The number of nitrogens with zero attached hydrogens (tertiary/aromatic N) is 2. The quantitative estimate of drug-likeness (QED) is 0.531. The van der Waals surface area contributed by atoms with Crippen molar-refractivity contribution in [2.24, 2.45) is 7.05 Å². The van der Waals surface area contributed by atoms with Gasteiger partial charge in [-0.05, 0) is 43.7 Å². The van der Waals surface area contributed by atoms with Crippen molar-refractivity contribution >= 4 is 17.9 Å². The highest BCUT2D eigenvalue weighted by Gasteiger charge is 2.08. The van der Waals surface area contributed by atoms with Gasteiger partial charge < -0.3 is 24.8 Å². The number of nitrogens with one attached hydrogen (secondary N) is 1. The van der Waals surface area contributed by atoms with E-state index in [0.29, 0.717) is 6.61 Å². The van der Waals surface area contributed by atoms with Crippen molar-refractivity contribution in [1.29, 1.82) is 0 Å². The topological polar surface area (TPSA) is 114 Å². The first-order chi connectivity index (χ1) is 14.3. The maximum atomic E-state index is 9.10. The summed E-state index contributed by atoms with van der Waals surface area (Å²) in [4.78, 5) is 22.7. The van der Waals surface area contributed by atoms with Crippen molar-refractivity contribution in [2.45, 2.75) is 20.4 Å². The van der Waals surface area contributed by atoms with Gasteiger partial charge in [0.1, 0.15) is 5.75 Å². The zero-order valence-electron chi connectivity index (χ0n) is 17.1. The van der Waals surface area contributed by atoms with Crippen LogP contribution in [0.15, 0.2) is 54.7 Å². The summed E-state index contributed by atoms with van der Waals surface area (Å²) in [6.07, 6.45) is 1.90. The average molecular weight is 411 g/mol. The fraction of sp³-hybridized carbons (Fsp3) is 0.227. The maximum Gasteiger partial charge on any atom is 0.414 e. The lowest BCUT2D eigenvalue weighted by Crippen LogP contribution is -2.09. The van der Waals surface area contributed by atoms with E-state index >= 15 is 0 Å². The molecular formula is C22H25N3O5. The fourth-order valence-corrected chi connectivity index (χ4v) is 2.62. The van der Waals surface area contributed by atoms with Crippen LogP contribution in [0.5, 0.6) is 5.75 Å². The first-order valence-corrected chi connectivity index (χ1v) is 9.32. The molecule has 1 aromatic heterocycles. The van der Waals surface area contributed by atoms with Gasteiger partial charge in [-0.1, -0.05) is 29.8 Å². The Morgan fingerprint density at radius 3 is 2.17 bits per heavy atom. The molecule has 158 valence electrons. The summed E-state index contributed by atoms with van der Waals surface area (Å²) in [6.45, 7) is 5.52. The Morgan fingerprint density at radius 2 is 1.63 bits per heavy atom. The lowest BCUT2D eigenvalue weighted by atomic mass is 10.1. The van der Waals surface area contributed by atoms with Gasteiger partial charge in [0, 0.05) is 19.2 Å². The van der Waals surface area contributed by atoms with Crippen molar-refractivity contribution in [3.8, 4) is 17.0 Å². The van der Waals surface area contributed by atoms with E-state index in [2.05, 4.69) is 58.2 Å². The Morgan fingerprint density at radius 1 is 1.03 bits per heavy atom. The lowest BCUT2D eigenvalue weighted by molar-refractivity contribution is -0.159. The number of rotatable bonds is 6. The van der Waals surface area contributed by atoms with Crippen molar-refractivity contribution < 1.29 is 24.5 Å². The first-order valence-electron chi connectivity index (χ1n) is 9.32. The Hall–Kier alpha value is -3.81. The van der Waals surface area contributed by atoms with E-state index in [0.717, 1.165) is 29.5 Å². The van der Waals surface area contributed by atoms with Crippen molar-refractivity contribution in [3.63, 3.8) is 0 Å². The van der Waals surface area contributed by atoms with Gasteiger partial charge in [-0.2, -0.15) is 0 Å². The number of aliphatic carboxylic acids is 2. The number of carboxylic acids is 2. The summed E-state index contributed by atoms with van der Waals surface area (Å²) < 4.78 is 7.57.